The van der Waals surface area contributed by atoms with Crippen LogP contribution in [0.15, 0.2) is 24.3 Å². The molecule has 0 unspecified atom stereocenters. The number of halogens is 3. The van der Waals surface area contributed by atoms with Crippen LogP contribution in [0, 0.1) is 5.82 Å². The predicted molar refractivity (Wildman–Crippen MR) is 77.2 cm³/mol. The molecular weight excluding hydrogens is 308 g/mol. The van der Waals surface area contributed by atoms with E-state index in [1.165, 1.54) is 23.5 Å². The zero-order chi connectivity index (χ0) is 13.6. The lowest BCUT2D eigenvalue weighted by atomic mass is 10.2. The Balaban J connectivity index is 2.28. The van der Waals surface area contributed by atoms with Gasteiger partial charge in [-0.1, -0.05) is 23.2 Å². The summed E-state index contributed by atoms with van der Waals surface area (Å²) in [6.45, 7) is 0. The smallest absolute Gasteiger partial charge is 0.164 e. The van der Waals surface area contributed by atoms with Crippen LogP contribution in [0.25, 0.3) is 22.3 Å². The zero-order valence-corrected chi connectivity index (χ0v) is 11.7. The second-order valence-electron chi connectivity index (χ2n) is 3.83. The molecule has 0 saturated heterocycles. The fraction of sp³-hybridized carbons (Fsp3) is 0. The molecule has 3 aromatic rings. The highest BCUT2D eigenvalue weighted by molar-refractivity contribution is 7.20. The Morgan fingerprint density at radius 3 is 2.63 bits per heavy atom. The summed E-state index contributed by atoms with van der Waals surface area (Å²) in [6.07, 6.45) is 0. The van der Waals surface area contributed by atoms with E-state index < -0.39 is 0 Å². The first-order chi connectivity index (χ1) is 9.04. The van der Waals surface area contributed by atoms with Crippen molar-refractivity contribution in [1.82, 2.24) is 9.97 Å². The van der Waals surface area contributed by atoms with Gasteiger partial charge in [0, 0.05) is 11.5 Å². The molecule has 2 aromatic heterocycles. The fourth-order valence-corrected chi connectivity index (χ4v) is 3.20. The van der Waals surface area contributed by atoms with E-state index >= 15 is 0 Å². The summed E-state index contributed by atoms with van der Waals surface area (Å²) in [5, 5.41) is 0.600. The van der Waals surface area contributed by atoms with Gasteiger partial charge in [-0.3, -0.25) is 0 Å². The van der Waals surface area contributed by atoms with Gasteiger partial charge in [-0.25, -0.2) is 14.4 Å². The molecule has 0 bridgehead atoms. The van der Waals surface area contributed by atoms with Crippen molar-refractivity contribution in [3.05, 3.63) is 38.8 Å². The molecule has 0 amide bonds. The SMILES string of the molecule is Nc1nc(-c2cc(Cl)sc2Cl)nc2cc(F)ccc12. The minimum atomic E-state index is -0.383. The number of aromatic nitrogens is 2. The largest absolute Gasteiger partial charge is 0.383 e. The van der Waals surface area contributed by atoms with Crippen molar-refractivity contribution in [3.63, 3.8) is 0 Å². The highest BCUT2D eigenvalue weighted by Gasteiger charge is 2.13. The fourth-order valence-electron chi connectivity index (χ4n) is 1.74. The molecule has 2 N–H and O–H groups in total. The molecule has 19 heavy (non-hydrogen) atoms. The van der Waals surface area contributed by atoms with Crippen molar-refractivity contribution >= 4 is 51.3 Å². The van der Waals surface area contributed by atoms with Crippen LogP contribution < -0.4 is 5.73 Å². The second kappa shape index (κ2) is 4.59. The number of thiophene rings is 1. The standard InChI is InChI=1S/C12H6Cl2FN3S/c13-9-4-7(10(14)19-9)12-17-8-3-5(15)1-2-6(8)11(16)18-12/h1-4H,(H2,16,17,18). The topological polar surface area (TPSA) is 51.8 Å². The third-order valence-corrected chi connectivity index (χ3v) is 4.07. The van der Waals surface area contributed by atoms with Crippen molar-refractivity contribution in [2.24, 2.45) is 0 Å². The third-order valence-electron chi connectivity index (χ3n) is 2.59. The van der Waals surface area contributed by atoms with Gasteiger partial charge in [0.1, 0.15) is 16.0 Å². The molecule has 0 aliphatic carbocycles. The maximum atomic E-state index is 13.2. The molecule has 7 heteroatoms. The van der Waals surface area contributed by atoms with E-state index in [0.717, 1.165) is 0 Å². The maximum Gasteiger partial charge on any atom is 0.164 e. The van der Waals surface area contributed by atoms with Gasteiger partial charge in [0.2, 0.25) is 0 Å². The number of benzene rings is 1. The normalized spacial score (nSPS) is 11.1. The number of anilines is 1. The van der Waals surface area contributed by atoms with Crippen LogP contribution in [-0.2, 0) is 0 Å². The molecule has 2 heterocycles. The highest BCUT2D eigenvalue weighted by atomic mass is 35.5. The average molecular weight is 314 g/mol. The van der Waals surface area contributed by atoms with Crippen LogP contribution in [0.4, 0.5) is 10.2 Å². The molecule has 0 spiro atoms. The molecular formula is C12H6Cl2FN3S. The van der Waals surface area contributed by atoms with Crippen molar-refractivity contribution < 1.29 is 4.39 Å². The Labute approximate surface area is 121 Å². The summed E-state index contributed by atoms with van der Waals surface area (Å²) in [5.41, 5.74) is 6.88. The van der Waals surface area contributed by atoms with Gasteiger partial charge in [0.15, 0.2) is 5.82 Å². The Bertz CT molecular complexity index is 788. The monoisotopic (exact) mass is 313 g/mol. The molecule has 0 fully saturated rings. The highest BCUT2D eigenvalue weighted by Crippen LogP contribution is 2.37. The number of rotatable bonds is 1. The Hall–Kier alpha value is -1.43. The summed E-state index contributed by atoms with van der Waals surface area (Å²) >= 11 is 13.2. The van der Waals surface area contributed by atoms with Crippen molar-refractivity contribution in [2.45, 2.75) is 0 Å². The summed E-state index contributed by atoms with van der Waals surface area (Å²) in [4.78, 5) is 8.46. The van der Waals surface area contributed by atoms with Crippen molar-refractivity contribution in [3.8, 4) is 11.4 Å². The third kappa shape index (κ3) is 2.25. The lowest BCUT2D eigenvalue weighted by Crippen LogP contribution is -1.97. The first-order valence-electron chi connectivity index (χ1n) is 5.22. The number of nitrogens with two attached hydrogens (primary N) is 1. The van der Waals surface area contributed by atoms with Crippen LogP contribution in [0.2, 0.25) is 8.67 Å². The molecule has 96 valence electrons. The van der Waals surface area contributed by atoms with Gasteiger partial charge >= 0.3 is 0 Å². The zero-order valence-electron chi connectivity index (χ0n) is 9.32. The first kappa shape index (κ1) is 12.6. The van der Waals surface area contributed by atoms with E-state index in [0.29, 0.717) is 31.0 Å². The predicted octanol–water partition coefficient (Wildman–Crippen LogP) is 4.39. The van der Waals surface area contributed by atoms with Crippen LogP contribution >= 0.6 is 34.5 Å². The van der Waals surface area contributed by atoms with E-state index in [2.05, 4.69) is 9.97 Å². The molecule has 0 aliphatic rings. The Morgan fingerprint density at radius 1 is 1.16 bits per heavy atom. The van der Waals surface area contributed by atoms with Gasteiger partial charge in [-0.05, 0) is 18.2 Å². The van der Waals surface area contributed by atoms with Gasteiger partial charge in [0.25, 0.3) is 0 Å². The minimum Gasteiger partial charge on any atom is -0.383 e. The van der Waals surface area contributed by atoms with Crippen LogP contribution in [0.1, 0.15) is 0 Å². The van der Waals surface area contributed by atoms with Crippen LogP contribution in [0.5, 0.6) is 0 Å². The van der Waals surface area contributed by atoms with E-state index in [1.807, 2.05) is 0 Å². The second-order valence-corrected chi connectivity index (χ2v) is 6.12. The lowest BCUT2D eigenvalue weighted by Gasteiger charge is -2.04. The molecule has 3 nitrogen and oxygen atoms in total. The van der Waals surface area contributed by atoms with Crippen LogP contribution in [0.3, 0.4) is 0 Å². The molecule has 3 rings (SSSR count). The summed E-state index contributed by atoms with van der Waals surface area (Å²) < 4.78 is 14.2. The van der Waals surface area contributed by atoms with E-state index in [9.17, 15) is 4.39 Å². The van der Waals surface area contributed by atoms with E-state index in [1.54, 1.807) is 12.1 Å². The molecule has 1 aromatic carbocycles. The van der Waals surface area contributed by atoms with Crippen molar-refractivity contribution in [2.75, 3.05) is 5.73 Å². The Kier molecular flexibility index (Phi) is 3.05. The Morgan fingerprint density at radius 2 is 1.95 bits per heavy atom. The first-order valence-corrected chi connectivity index (χ1v) is 6.80. The van der Waals surface area contributed by atoms with Gasteiger partial charge in [-0.2, -0.15) is 0 Å². The van der Waals surface area contributed by atoms with E-state index in [4.69, 9.17) is 28.9 Å². The average Bonchev–Trinajstić information content (AvgIpc) is 2.67. The number of nitrogens with zero attached hydrogens (tertiary/aromatic N) is 2. The van der Waals surface area contributed by atoms with Gasteiger partial charge in [-0.15, -0.1) is 11.3 Å². The molecule has 0 atom stereocenters. The molecule has 0 saturated carbocycles. The van der Waals surface area contributed by atoms with E-state index in [-0.39, 0.29) is 11.6 Å². The summed E-state index contributed by atoms with van der Waals surface area (Å²) in [7, 11) is 0. The van der Waals surface area contributed by atoms with Gasteiger partial charge < -0.3 is 5.73 Å². The van der Waals surface area contributed by atoms with Gasteiger partial charge in [0.05, 0.1) is 15.4 Å². The van der Waals surface area contributed by atoms with Crippen molar-refractivity contribution in [1.29, 1.82) is 0 Å². The number of hydrogen-bond acceptors (Lipinski definition) is 4. The number of fused-ring (bicyclic) bond motifs is 1. The number of nitrogen functional groups attached to an aromatic ring is 1. The lowest BCUT2D eigenvalue weighted by molar-refractivity contribution is 0.629. The summed E-state index contributed by atoms with van der Waals surface area (Å²) in [5.74, 6) is 0.230. The maximum absolute atomic E-state index is 13.2. The number of hydrogen-bond donors (Lipinski definition) is 1. The minimum absolute atomic E-state index is 0.276. The summed E-state index contributed by atoms with van der Waals surface area (Å²) in [6, 6.07) is 5.83. The van der Waals surface area contributed by atoms with Crippen LogP contribution in [-0.4, -0.2) is 9.97 Å². The molecule has 0 aliphatic heterocycles. The molecule has 0 radical (unpaired) electrons. The quantitative estimate of drug-likeness (QED) is 0.725.